The topological polar surface area (TPSA) is 155 Å². The maximum atomic E-state index is 13.6. The Labute approximate surface area is 431 Å². The Bertz CT molecular complexity index is 2380. The van der Waals surface area contributed by atoms with Gasteiger partial charge in [-0.15, -0.1) is 12.4 Å². The number of nitrogens with one attached hydrogen (secondary N) is 1. The molecule has 4 aromatic rings. The molecule has 4 aromatic carbocycles. The van der Waals surface area contributed by atoms with Crippen molar-refractivity contribution in [2.75, 3.05) is 40.4 Å². The molecule has 2 unspecified atom stereocenters. The van der Waals surface area contributed by atoms with Crippen LogP contribution in [0.15, 0.2) is 97.1 Å². The fourth-order valence-electron chi connectivity index (χ4n) is 7.12. The van der Waals surface area contributed by atoms with Crippen molar-refractivity contribution < 1.29 is 69.6 Å². The number of likely N-dealkylation sites (tertiary alicyclic amines) is 1. The first-order chi connectivity index (χ1) is 32.9. The average molecular weight is 1080 g/mol. The molecule has 3 amide bonds. The van der Waals surface area contributed by atoms with Gasteiger partial charge in [0.05, 0.1) is 30.9 Å². The number of phenolic OH excluding ortho intramolecular Hbond substituents is 1. The van der Waals surface area contributed by atoms with Gasteiger partial charge in [0.15, 0.2) is 0 Å². The molecule has 2 heterocycles. The third-order valence-corrected chi connectivity index (χ3v) is 12.0. The Balaban J connectivity index is 0.000000420. The Morgan fingerprint density at radius 3 is 1.42 bits per heavy atom. The van der Waals surface area contributed by atoms with E-state index in [0.29, 0.717) is 48.8 Å². The van der Waals surface area contributed by atoms with Gasteiger partial charge in [-0.25, -0.2) is 4.79 Å². The summed E-state index contributed by atoms with van der Waals surface area (Å²) in [4.78, 5) is 66.6. The highest BCUT2D eigenvalue weighted by molar-refractivity contribution is 6.30. The minimum absolute atomic E-state index is 0. The fraction of sp³-hybridized carbons (Fsp3) is 0.420. The first-order valence-electron chi connectivity index (χ1n) is 21.9. The summed E-state index contributed by atoms with van der Waals surface area (Å²) in [5.41, 5.74) is -1.49. The number of carbonyl (C=O) groups is 5. The van der Waals surface area contributed by atoms with Crippen LogP contribution in [0.1, 0.15) is 82.1 Å². The molecule has 2 N–H and O–H groups in total. The zero-order valence-electron chi connectivity index (χ0n) is 39.2. The van der Waals surface area contributed by atoms with Crippen molar-refractivity contribution in [1.82, 2.24) is 20.0 Å². The van der Waals surface area contributed by atoms with Crippen molar-refractivity contribution in [2.45, 2.75) is 96.3 Å². The Hall–Kier alpha value is -5.76. The summed E-state index contributed by atoms with van der Waals surface area (Å²) in [6.45, 7) is 6.15. The third-order valence-electron chi connectivity index (χ3n) is 11.5. The van der Waals surface area contributed by atoms with Crippen LogP contribution in [0, 0.1) is 0 Å². The maximum Gasteiger partial charge on any atom is 0.416 e. The number of phenols is 1. The minimum atomic E-state index is -4.51. The number of esters is 2. The Morgan fingerprint density at radius 1 is 0.667 bits per heavy atom. The van der Waals surface area contributed by atoms with Crippen molar-refractivity contribution in [2.24, 2.45) is 0 Å². The van der Waals surface area contributed by atoms with Gasteiger partial charge in [-0.3, -0.25) is 24.1 Å². The van der Waals surface area contributed by atoms with Crippen LogP contribution in [-0.2, 0) is 54.1 Å². The molecule has 0 spiro atoms. The molecule has 0 saturated carbocycles. The van der Waals surface area contributed by atoms with E-state index in [-0.39, 0.29) is 75.2 Å². The molecule has 2 fully saturated rings. The second-order valence-electron chi connectivity index (χ2n) is 16.7. The van der Waals surface area contributed by atoms with E-state index in [1.54, 1.807) is 41.0 Å². The highest BCUT2D eigenvalue weighted by atomic mass is 35.5. The van der Waals surface area contributed by atoms with Crippen molar-refractivity contribution in [3.05, 3.63) is 129 Å². The summed E-state index contributed by atoms with van der Waals surface area (Å²) in [6, 6.07) is 21.8. The molecule has 2 atom stereocenters. The largest absolute Gasteiger partial charge is 0.508 e. The lowest BCUT2D eigenvalue weighted by molar-refractivity contribution is -0.151. The number of amides is 3. The molecule has 2 aliphatic heterocycles. The monoisotopic (exact) mass is 1080 g/mol. The van der Waals surface area contributed by atoms with E-state index in [2.05, 4.69) is 14.8 Å². The van der Waals surface area contributed by atoms with Crippen LogP contribution in [0.4, 0.5) is 31.1 Å². The Kier molecular flexibility index (Phi) is 24.2. The first kappa shape index (κ1) is 62.4. The molecule has 72 heavy (non-hydrogen) atoms. The van der Waals surface area contributed by atoms with Gasteiger partial charge < -0.3 is 34.4 Å². The summed E-state index contributed by atoms with van der Waals surface area (Å²) in [5, 5.41) is 13.1. The van der Waals surface area contributed by atoms with Crippen LogP contribution < -0.4 is 10.1 Å². The molecule has 6 rings (SSSR count). The summed E-state index contributed by atoms with van der Waals surface area (Å²) >= 11 is 11.9. The third kappa shape index (κ3) is 18.4. The second kappa shape index (κ2) is 27.9. The van der Waals surface area contributed by atoms with Crippen LogP contribution in [0.3, 0.4) is 0 Å². The normalized spacial score (nSPS) is 16.7. The molecule has 0 aromatic heterocycles. The number of halogens is 9. The number of nitrogens with zero attached hydrogens (tertiary/aromatic N) is 3. The van der Waals surface area contributed by atoms with Crippen LogP contribution in [-0.4, -0.2) is 101 Å². The van der Waals surface area contributed by atoms with E-state index in [1.807, 2.05) is 31.2 Å². The van der Waals surface area contributed by atoms with Gasteiger partial charge in [-0.2, -0.15) is 26.3 Å². The Morgan fingerprint density at radius 2 is 1.07 bits per heavy atom. The van der Waals surface area contributed by atoms with Crippen LogP contribution in [0.2, 0.25) is 10.0 Å². The summed E-state index contributed by atoms with van der Waals surface area (Å²) in [5.74, 6) is -1.15. The van der Waals surface area contributed by atoms with E-state index in [1.165, 1.54) is 19.1 Å². The molecule has 13 nitrogen and oxygen atoms in total. The van der Waals surface area contributed by atoms with E-state index in [9.17, 15) is 50.3 Å². The van der Waals surface area contributed by atoms with Gasteiger partial charge >= 0.3 is 30.4 Å². The molecule has 396 valence electrons. The van der Waals surface area contributed by atoms with Gasteiger partial charge in [0.1, 0.15) is 17.0 Å². The van der Waals surface area contributed by atoms with Crippen LogP contribution in [0.25, 0.3) is 0 Å². The standard InChI is InChI=1S/C25H26ClF3N2O5.C17H23ClN2O3.C7H5F3O.CH4.ClH/c1-24(13-15-31(24)23(34)36-20-11-7-18(8-12-20)25(27,28)29)22(33)30(14-3-4-21(32)35-2)16-17-5-9-19(26)10-6-17;1-17(9-10-19-17)16(22)20(11-3-4-15(21)23-2)12-13-5-7-14(18)8-6-13;8-7(9,10)5-1-3-6(11)4-2-5;;/h5-12H,3-4,13-16H2,1-2H3;5-8,19H,3-4,9-12H2,1-2H3;1-4,11H;1H4;1H. The highest BCUT2D eigenvalue weighted by Gasteiger charge is 2.52. The van der Waals surface area contributed by atoms with Gasteiger partial charge in [0.2, 0.25) is 11.8 Å². The summed E-state index contributed by atoms with van der Waals surface area (Å²) in [6.07, 6.45) is -7.08. The molecule has 0 bridgehead atoms. The molecule has 0 radical (unpaired) electrons. The lowest BCUT2D eigenvalue weighted by Gasteiger charge is -2.49. The van der Waals surface area contributed by atoms with Crippen molar-refractivity contribution >= 4 is 65.5 Å². The number of carbonyl (C=O) groups excluding carboxylic acids is 5. The molecular formula is C50H59Cl3F6N4O9. The average Bonchev–Trinajstić information content (AvgIpc) is 3.30. The summed E-state index contributed by atoms with van der Waals surface area (Å²) < 4.78 is 88.4. The van der Waals surface area contributed by atoms with Crippen molar-refractivity contribution in [3.8, 4) is 11.5 Å². The summed E-state index contributed by atoms with van der Waals surface area (Å²) in [7, 11) is 2.66. The number of aromatic hydroxyl groups is 1. The van der Waals surface area contributed by atoms with Crippen molar-refractivity contribution in [3.63, 3.8) is 0 Å². The van der Waals surface area contributed by atoms with Gasteiger partial charge in [-0.1, -0.05) is 54.9 Å². The SMILES string of the molecule is C.COC(=O)CCCN(Cc1ccc(Cl)cc1)C(=O)C1(C)CCN1.COC(=O)CCCN(Cc1ccc(Cl)cc1)C(=O)C1(C)CCN1C(=O)Oc1ccc(C(F)(F)F)cc1.Cl.Oc1ccc(C(F)(F)F)cc1. The van der Waals surface area contributed by atoms with Crippen LogP contribution >= 0.6 is 35.6 Å². The quantitative estimate of drug-likeness (QED) is 0.0868. The van der Waals surface area contributed by atoms with Crippen molar-refractivity contribution in [1.29, 1.82) is 0 Å². The van der Waals surface area contributed by atoms with Crippen LogP contribution in [0.5, 0.6) is 11.5 Å². The first-order valence-corrected chi connectivity index (χ1v) is 22.6. The predicted octanol–water partition coefficient (Wildman–Crippen LogP) is 11.1. The van der Waals surface area contributed by atoms with Gasteiger partial charge in [0, 0.05) is 55.6 Å². The van der Waals surface area contributed by atoms with E-state index >= 15 is 0 Å². The zero-order chi connectivity index (χ0) is 51.9. The number of rotatable bonds is 15. The molecule has 0 aliphatic carbocycles. The number of benzene rings is 4. The molecule has 2 saturated heterocycles. The maximum absolute atomic E-state index is 13.6. The molecular weight excluding hydrogens is 1020 g/mol. The number of ether oxygens (including phenoxy) is 3. The molecule has 22 heteroatoms. The van der Waals surface area contributed by atoms with E-state index in [4.69, 9.17) is 33.0 Å². The molecule has 2 aliphatic rings. The lowest BCUT2D eigenvalue weighted by Crippen LogP contribution is -2.68. The number of hydrogen-bond donors (Lipinski definition) is 2. The predicted molar refractivity (Wildman–Crippen MR) is 262 cm³/mol. The highest BCUT2D eigenvalue weighted by Crippen LogP contribution is 2.35. The number of hydrogen-bond acceptors (Lipinski definition) is 10. The fourth-order valence-corrected chi connectivity index (χ4v) is 7.37. The lowest BCUT2D eigenvalue weighted by atomic mass is 9.85. The van der Waals surface area contributed by atoms with Gasteiger partial charge in [0.25, 0.3) is 0 Å². The van der Waals surface area contributed by atoms with E-state index in [0.717, 1.165) is 72.6 Å². The number of methoxy groups -OCH3 is 2. The zero-order valence-corrected chi connectivity index (χ0v) is 41.5. The smallest absolute Gasteiger partial charge is 0.416 e. The van der Waals surface area contributed by atoms with Gasteiger partial charge in [-0.05, 0) is 130 Å². The van der Waals surface area contributed by atoms with E-state index < -0.39 is 46.6 Å². The second-order valence-corrected chi connectivity index (χ2v) is 17.6. The minimum Gasteiger partial charge on any atom is -0.508 e. The number of alkyl halides is 6.